The molecule has 0 spiro atoms. The number of aliphatic carboxylic acids is 1. The Hall–Kier alpha value is -2.29. The minimum atomic E-state index is -3.03. The molecule has 0 saturated carbocycles. The second-order valence-corrected chi connectivity index (χ2v) is 4.67. The lowest BCUT2D eigenvalue weighted by atomic mass is 10.3. The Morgan fingerprint density at radius 2 is 2.00 bits per heavy atom. The maximum absolute atomic E-state index is 13.5. The van der Waals surface area contributed by atoms with Gasteiger partial charge in [0, 0.05) is 11.4 Å². The monoisotopic (exact) mass is 351 g/mol. The van der Waals surface area contributed by atoms with Crippen LogP contribution in [0.2, 0.25) is 5.02 Å². The lowest BCUT2D eigenvalue weighted by molar-refractivity contribution is -0.136. The van der Waals surface area contributed by atoms with Crippen LogP contribution in [0, 0.1) is 12.7 Å². The fourth-order valence-electron chi connectivity index (χ4n) is 1.51. The van der Waals surface area contributed by atoms with Crippen molar-refractivity contribution in [3.8, 4) is 5.69 Å². The van der Waals surface area contributed by atoms with Gasteiger partial charge in [-0.3, -0.25) is 4.79 Å². The first-order valence-electron chi connectivity index (χ1n) is 6.32. The molecule has 0 amide bonds. The summed E-state index contributed by atoms with van der Waals surface area (Å²) in [6.07, 6.45) is 0.222. The number of benzene rings is 1. The lowest BCUT2D eigenvalue weighted by Gasteiger charge is -2.02. The Morgan fingerprint density at radius 3 is 2.43 bits per heavy atom. The van der Waals surface area contributed by atoms with Gasteiger partial charge in [0.1, 0.15) is 17.3 Å². The molecule has 0 radical (unpaired) electrons. The molecule has 0 atom stereocenters. The van der Waals surface area contributed by atoms with Gasteiger partial charge in [-0.25, -0.2) is 13.8 Å². The van der Waals surface area contributed by atoms with E-state index < -0.39 is 24.0 Å². The van der Waals surface area contributed by atoms with Crippen LogP contribution in [0.1, 0.15) is 25.7 Å². The van der Waals surface area contributed by atoms with Crippen LogP contribution in [0.25, 0.3) is 5.69 Å². The third-order valence-electron chi connectivity index (χ3n) is 2.61. The number of carboxylic acid groups (broad SMARTS) is 1. The predicted molar refractivity (Wildman–Crippen MR) is 76.7 cm³/mol. The van der Waals surface area contributed by atoms with Gasteiger partial charge in [-0.05, 0) is 25.1 Å². The molecule has 2 rings (SSSR count). The molecule has 1 aromatic heterocycles. The van der Waals surface area contributed by atoms with Gasteiger partial charge in [-0.2, -0.15) is 13.5 Å². The highest BCUT2D eigenvalue weighted by Crippen LogP contribution is 2.18. The van der Waals surface area contributed by atoms with E-state index in [0.717, 1.165) is 12.1 Å². The number of carbonyl (C=O) groups is 1. The number of aromatic nitrogens is 3. The maximum atomic E-state index is 13.5. The van der Waals surface area contributed by atoms with E-state index in [1.807, 2.05) is 0 Å². The zero-order valence-corrected chi connectivity index (χ0v) is 12.9. The minimum absolute atomic E-state index is 0.167. The molecular weight excluding hydrogens is 339 g/mol. The van der Waals surface area contributed by atoms with Crippen LogP contribution in [-0.2, 0) is 4.79 Å². The first-order chi connectivity index (χ1) is 10.7. The lowest BCUT2D eigenvalue weighted by Crippen LogP contribution is -2.25. The van der Waals surface area contributed by atoms with Crippen molar-refractivity contribution in [2.24, 2.45) is 0 Å². The van der Waals surface area contributed by atoms with Crippen molar-refractivity contribution in [3.63, 3.8) is 0 Å². The van der Waals surface area contributed by atoms with Gasteiger partial charge in [-0.15, -0.1) is 5.10 Å². The molecular formula is C13H13ClF3N3O3. The summed E-state index contributed by atoms with van der Waals surface area (Å²) in [6.45, 7) is -0.206. The minimum Gasteiger partial charge on any atom is -0.481 e. The average Bonchev–Trinajstić information content (AvgIpc) is 2.77. The molecule has 1 N–H and O–H groups in total. The van der Waals surface area contributed by atoms with Crippen LogP contribution in [0.5, 0.6) is 0 Å². The summed E-state index contributed by atoms with van der Waals surface area (Å²) >= 11 is 5.66. The summed E-state index contributed by atoms with van der Waals surface area (Å²) in [4.78, 5) is 21.0. The second-order valence-electron chi connectivity index (χ2n) is 4.23. The molecule has 0 aliphatic heterocycles. The van der Waals surface area contributed by atoms with Crippen LogP contribution in [-0.4, -0.2) is 25.4 Å². The fourth-order valence-corrected chi connectivity index (χ4v) is 1.67. The number of nitrogens with zero attached hydrogens (tertiary/aromatic N) is 3. The predicted octanol–water partition coefficient (Wildman–Crippen LogP) is 3.01. The Morgan fingerprint density at radius 1 is 1.43 bits per heavy atom. The van der Waals surface area contributed by atoms with E-state index in [-0.39, 0.29) is 27.5 Å². The summed E-state index contributed by atoms with van der Waals surface area (Å²) < 4.78 is 39.4. The largest absolute Gasteiger partial charge is 0.481 e. The highest BCUT2D eigenvalue weighted by Gasteiger charge is 2.19. The number of hydrogen-bond donors (Lipinski definition) is 1. The summed E-state index contributed by atoms with van der Waals surface area (Å²) in [6, 6.07) is 3.45. The molecule has 23 heavy (non-hydrogen) atoms. The van der Waals surface area contributed by atoms with Crippen molar-refractivity contribution in [2.75, 3.05) is 0 Å². The Labute approximate surface area is 133 Å². The molecule has 10 heteroatoms. The van der Waals surface area contributed by atoms with Crippen molar-refractivity contribution in [1.82, 2.24) is 14.3 Å². The molecule has 1 heterocycles. The topological polar surface area (TPSA) is 77.1 Å². The first kappa shape index (κ1) is 18.8. The van der Waals surface area contributed by atoms with Gasteiger partial charge < -0.3 is 5.11 Å². The number of hydrogen-bond acceptors (Lipinski definition) is 3. The van der Waals surface area contributed by atoms with Crippen molar-refractivity contribution in [3.05, 3.63) is 45.3 Å². The highest BCUT2D eigenvalue weighted by atomic mass is 35.5. The fraction of sp³-hybridized carbons (Fsp3) is 0.308. The van der Waals surface area contributed by atoms with Crippen molar-refractivity contribution < 1.29 is 23.1 Å². The molecule has 126 valence electrons. The molecule has 0 unspecified atom stereocenters. The number of rotatable bonds is 3. The van der Waals surface area contributed by atoms with E-state index in [9.17, 15) is 22.8 Å². The van der Waals surface area contributed by atoms with E-state index in [4.69, 9.17) is 16.7 Å². The number of alkyl halides is 2. The second kappa shape index (κ2) is 7.82. The highest BCUT2D eigenvalue weighted by molar-refractivity contribution is 6.30. The first-order valence-corrected chi connectivity index (χ1v) is 6.70. The van der Waals surface area contributed by atoms with Crippen molar-refractivity contribution >= 4 is 17.6 Å². The molecule has 0 aliphatic carbocycles. The summed E-state index contributed by atoms with van der Waals surface area (Å²) in [5, 5.41) is 11.5. The van der Waals surface area contributed by atoms with Gasteiger partial charge >= 0.3 is 18.2 Å². The van der Waals surface area contributed by atoms with Crippen LogP contribution >= 0.6 is 11.6 Å². The zero-order valence-electron chi connectivity index (χ0n) is 12.1. The molecule has 0 bridgehead atoms. The van der Waals surface area contributed by atoms with Crippen LogP contribution in [0.3, 0.4) is 0 Å². The number of carboxylic acids is 1. The van der Waals surface area contributed by atoms with Crippen LogP contribution in [0.4, 0.5) is 13.2 Å². The van der Waals surface area contributed by atoms with E-state index in [1.54, 1.807) is 6.92 Å². The molecule has 1 aromatic carbocycles. The Balaban J connectivity index is 0.000000463. The smallest absolute Gasteiger partial charge is 0.355 e. The normalized spacial score (nSPS) is 10.4. The van der Waals surface area contributed by atoms with Gasteiger partial charge in [-0.1, -0.05) is 18.5 Å². The van der Waals surface area contributed by atoms with E-state index in [2.05, 4.69) is 5.10 Å². The average molecular weight is 352 g/mol. The maximum Gasteiger partial charge on any atom is 0.355 e. The summed E-state index contributed by atoms with van der Waals surface area (Å²) in [5.74, 6) is -1.74. The van der Waals surface area contributed by atoms with Crippen LogP contribution in [0.15, 0.2) is 23.0 Å². The van der Waals surface area contributed by atoms with Crippen molar-refractivity contribution in [2.45, 2.75) is 26.8 Å². The SMILES string of the molecule is CCC(=O)O.Cc1nn(-c2cc(Cl)ccc2F)c(=O)n1C(F)F. The molecule has 0 saturated heterocycles. The molecule has 2 aromatic rings. The Kier molecular flexibility index (Phi) is 6.38. The van der Waals surface area contributed by atoms with Crippen molar-refractivity contribution in [1.29, 1.82) is 0 Å². The standard InChI is InChI=1S/C10H7ClF3N3O.C3H6O2/c1-5-15-17(10(18)16(5)9(13)14)8-4-6(11)2-3-7(8)12;1-2-3(4)5/h2-4,9H,1H3;2H2,1H3,(H,4,5). The third-order valence-corrected chi connectivity index (χ3v) is 2.85. The molecule has 6 nitrogen and oxygen atoms in total. The van der Waals surface area contributed by atoms with Gasteiger partial charge in [0.25, 0.3) is 0 Å². The van der Waals surface area contributed by atoms with Crippen LogP contribution < -0.4 is 5.69 Å². The summed E-state index contributed by atoms with van der Waals surface area (Å²) in [5.41, 5.74) is -1.39. The van der Waals surface area contributed by atoms with E-state index in [1.165, 1.54) is 13.0 Å². The third kappa shape index (κ3) is 4.59. The Bertz CT molecular complexity index is 759. The zero-order chi connectivity index (χ0) is 17.7. The quantitative estimate of drug-likeness (QED) is 0.922. The van der Waals surface area contributed by atoms with Gasteiger partial charge in [0.2, 0.25) is 0 Å². The summed E-state index contributed by atoms with van der Waals surface area (Å²) in [7, 11) is 0. The van der Waals surface area contributed by atoms with E-state index >= 15 is 0 Å². The number of aryl methyl sites for hydroxylation is 1. The van der Waals surface area contributed by atoms with Gasteiger partial charge in [0.15, 0.2) is 0 Å². The molecule has 0 aliphatic rings. The van der Waals surface area contributed by atoms with E-state index in [0.29, 0.717) is 4.68 Å². The van der Waals surface area contributed by atoms with Gasteiger partial charge in [0.05, 0.1) is 0 Å². The number of halogens is 4. The molecule has 0 fully saturated rings.